The zero-order chi connectivity index (χ0) is 48.9. The lowest BCUT2D eigenvalue weighted by Gasteiger charge is -2.40. The molecule has 0 amide bonds. The maximum atomic E-state index is 14.0. The first-order valence-corrected chi connectivity index (χ1v) is 13.1. The Morgan fingerprint density at radius 1 is 0.483 bits per heavy atom. The quantitative estimate of drug-likeness (QED) is 0.0912. The lowest BCUT2D eigenvalue weighted by Crippen LogP contribution is -2.73. The van der Waals surface area contributed by atoms with Crippen LogP contribution < -0.4 is 0 Å². The van der Waals surface area contributed by atoms with Crippen molar-refractivity contribution in [1.29, 1.82) is 0 Å². The zero-order valence-electron chi connectivity index (χ0n) is 26.0. The number of ether oxygens (including phenoxy) is 3. The molecule has 0 aliphatic carbocycles. The fourth-order valence-electron chi connectivity index (χ4n) is 3.50. The smallest absolute Gasteiger partial charge is 0.460 e. The van der Waals surface area contributed by atoms with Gasteiger partial charge in [-0.25, -0.2) is 14.4 Å². The summed E-state index contributed by atoms with van der Waals surface area (Å²) in [4.78, 5) is 34.5. The fourth-order valence-corrected chi connectivity index (χ4v) is 3.50. The van der Waals surface area contributed by atoms with Gasteiger partial charge in [0.15, 0.2) is 11.9 Å². The maximum absolute atomic E-state index is 14.0. The Kier molecular flexibility index (Phi) is 13.0. The van der Waals surface area contributed by atoms with Gasteiger partial charge in [-0.3, -0.25) is 0 Å². The predicted octanol–water partition coefficient (Wildman–Crippen LogP) is 7.88. The van der Waals surface area contributed by atoms with Crippen LogP contribution in [0.5, 0.6) is 0 Å². The summed E-state index contributed by atoms with van der Waals surface area (Å²) in [5, 5.41) is 19.2. The van der Waals surface area contributed by atoms with E-state index in [-0.39, 0.29) is 0 Å². The van der Waals surface area contributed by atoms with Crippen molar-refractivity contribution in [3.63, 3.8) is 0 Å². The molecule has 0 aromatic rings. The molecule has 0 fully saturated rings. The number of esters is 3. The van der Waals surface area contributed by atoms with Gasteiger partial charge in [0.1, 0.15) is 12.7 Å². The number of rotatable bonds is 16. The summed E-state index contributed by atoms with van der Waals surface area (Å²) in [5.41, 5.74) is 0. The molecule has 0 saturated carbocycles. The van der Waals surface area contributed by atoms with Gasteiger partial charge in [0.2, 0.25) is 0 Å². The molecule has 2 atom stereocenters. The van der Waals surface area contributed by atoms with Crippen LogP contribution >= 0.6 is 0 Å². The summed E-state index contributed by atoms with van der Waals surface area (Å²) in [6.07, 6.45) is -23.3. The molecule has 2 N–H and O–H groups in total. The summed E-state index contributed by atoms with van der Waals surface area (Å²) in [7, 11) is 0. The Morgan fingerprint density at radius 3 is 1.05 bits per heavy atom. The first kappa shape index (κ1) is 53.8. The molecule has 1 heterocycles. The molecule has 0 radical (unpaired) electrons. The lowest BCUT2D eigenvalue weighted by atomic mass is 9.91. The van der Waals surface area contributed by atoms with E-state index in [1.54, 1.807) is 0 Å². The number of halogens is 30. The molecule has 1 rings (SSSR count). The Hall–Kier alpha value is -4.19. The second kappa shape index (κ2) is 14.4. The highest BCUT2D eigenvalue weighted by Gasteiger charge is 2.96. The molecule has 0 bridgehead atoms. The van der Waals surface area contributed by atoms with Crippen molar-refractivity contribution >= 4 is 17.9 Å². The number of cyclic esters (lactones) is 1. The number of carbonyl (C=O) groups excluding carboxylic acids is 3. The van der Waals surface area contributed by atoms with E-state index in [1.165, 1.54) is 0 Å². The third-order valence-electron chi connectivity index (χ3n) is 7.02. The van der Waals surface area contributed by atoms with Gasteiger partial charge in [-0.15, -0.1) is 0 Å². The highest BCUT2D eigenvalue weighted by atomic mass is 19.4. The van der Waals surface area contributed by atoms with Crippen LogP contribution in [0.25, 0.3) is 0 Å². The Bertz CT molecular complexity index is 1710. The second-order valence-corrected chi connectivity index (χ2v) is 11.0. The van der Waals surface area contributed by atoms with Gasteiger partial charge in [0.25, 0.3) is 5.76 Å². The van der Waals surface area contributed by atoms with Crippen LogP contribution in [0.1, 0.15) is 0 Å². The summed E-state index contributed by atoms with van der Waals surface area (Å²) in [6, 6.07) is 0. The molecular formula is C22H6F30O8. The minimum absolute atomic E-state index is 2.78. The van der Waals surface area contributed by atoms with Gasteiger partial charge in [-0.05, 0) is 0 Å². The number of aliphatic hydroxyl groups excluding tert-OH is 2. The monoisotopic (exact) mass is 968 g/mol. The highest BCUT2D eigenvalue weighted by Crippen LogP contribution is 2.64. The van der Waals surface area contributed by atoms with Crippen LogP contribution in [0, 0.1) is 0 Å². The van der Waals surface area contributed by atoms with Gasteiger partial charge in [0, 0.05) is 0 Å². The molecule has 352 valence electrons. The molecule has 1 aliphatic heterocycles. The third-order valence-corrected chi connectivity index (χ3v) is 7.02. The normalized spacial score (nSPS) is 18.7. The van der Waals surface area contributed by atoms with Crippen molar-refractivity contribution < 1.29 is 171 Å². The van der Waals surface area contributed by atoms with Crippen LogP contribution in [0.2, 0.25) is 0 Å². The van der Waals surface area contributed by atoms with Crippen molar-refractivity contribution in [1.82, 2.24) is 0 Å². The van der Waals surface area contributed by atoms with Crippen LogP contribution in [-0.4, -0.2) is 130 Å². The van der Waals surface area contributed by atoms with Gasteiger partial charge in [-0.1, -0.05) is 0 Å². The molecular weight excluding hydrogens is 962 g/mol. The molecule has 8 nitrogen and oxygen atoms in total. The fraction of sp³-hybridized carbons (Fsp3) is 0.773. The van der Waals surface area contributed by atoms with E-state index in [0.717, 1.165) is 0 Å². The highest BCUT2D eigenvalue weighted by molar-refractivity contribution is 5.94. The van der Waals surface area contributed by atoms with Crippen LogP contribution in [0.15, 0.2) is 11.5 Å². The SMILES string of the molecule is O=C1O[C@H]([C@@H](O)COC(=O)C(F)(F)C(F)(F)C(F)(F)C(F)(F)C(F)(F)C(F)(F)C(F)(F)F)C(O)=C1OC(=O)C(F)(F)C(F)(F)C(F)(F)C(F)(F)C(F)(F)C(F)(F)C(F)(F)F. The van der Waals surface area contributed by atoms with E-state index >= 15 is 0 Å². The van der Waals surface area contributed by atoms with Gasteiger partial charge >= 0.3 is 101 Å². The van der Waals surface area contributed by atoms with E-state index in [1.807, 2.05) is 0 Å². The molecule has 0 spiro atoms. The number of hydrogen-bond acceptors (Lipinski definition) is 8. The Morgan fingerprint density at radius 2 is 0.750 bits per heavy atom. The lowest BCUT2D eigenvalue weighted by molar-refractivity contribution is -0.450. The average Bonchev–Trinajstić information content (AvgIpc) is 3.33. The molecule has 0 saturated heterocycles. The molecule has 0 aromatic heterocycles. The van der Waals surface area contributed by atoms with E-state index in [4.69, 9.17) is 0 Å². The Labute approximate surface area is 303 Å². The van der Waals surface area contributed by atoms with Crippen LogP contribution in [0.3, 0.4) is 0 Å². The standard InChI is InChI=1S/C22H6F30O8/c23-9(24,11(27,28)13(31,32)15(35,36)17(39,40)19(43,44)21(47,48)49)7(56)58-1-2(53)4-3(54)5(6(55)59-4)60-8(57)10(25,26)12(29,30)14(33,34)16(37,38)18(41,42)20(45,46)22(50,51)52/h2,4,53-54H,1H2/t2-,4+/m0/s1. The predicted molar refractivity (Wildman–Crippen MR) is 114 cm³/mol. The van der Waals surface area contributed by atoms with Crippen molar-refractivity contribution in [2.75, 3.05) is 6.61 Å². The van der Waals surface area contributed by atoms with E-state index < -0.39 is 132 Å². The largest absolute Gasteiger partial charge is 0.505 e. The Balaban J connectivity index is 3.44. The van der Waals surface area contributed by atoms with Crippen LogP contribution in [-0.2, 0) is 28.6 Å². The van der Waals surface area contributed by atoms with Crippen molar-refractivity contribution in [2.24, 2.45) is 0 Å². The van der Waals surface area contributed by atoms with Crippen molar-refractivity contribution in [2.45, 2.75) is 95.6 Å². The first-order chi connectivity index (χ1) is 25.7. The zero-order valence-corrected chi connectivity index (χ0v) is 26.0. The maximum Gasteiger partial charge on any atom is 0.460 e. The molecule has 1 aliphatic rings. The topological polar surface area (TPSA) is 119 Å². The van der Waals surface area contributed by atoms with E-state index in [9.17, 15) is 156 Å². The van der Waals surface area contributed by atoms with Crippen LogP contribution in [0.4, 0.5) is 132 Å². The number of carbonyl (C=O) groups is 3. The van der Waals surface area contributed by atoms with Gasteiger partial charge in [0.05, 0.1) is 0 Å². The molecule has 38 heteroatoms. The molecule has 60 heavy (non-hydrogen) atoms. The minimum atomic E-state index is -8.99. The average molecular weight is 968 g/mol. The molecule has 0 aromatic carbocycles. The van der Waals surface area contributed by atoms with E-state index in [0.29, 0.717) is 0 Å². The van der Waals surface area contributed by atoms with E-state index in [2.05, 4.69) is 14.2 Å². The number of hydrogen-bond donors (Lipinski definition) is 2. The summed E-state index contributed by atoms with van der Waals surface area (Å²) >= 11 is 0. The number of aliphatic hydroxyl groups is 2. The third kappa shape index (κ3) is 7.16. The summed E-state index contributed by atoms with van der Waals surface area (Å²) < 4.78 is 408. The molecule has 0 unspecified atom stereocenters. The van der Waals surface area contributed by atoms with Crippen molar-refractivity contribution in [3.05, 3.63) is 11.5 Å². The van der Waals surface area contributed by atoms with Gasteiger partial charge < -0.3 is 24.4 Å². The minimum Gasteiger partial charge on any atom is -0.505 e. The summed E-state index contributed by atoms with van der Waals surface area (Å²) in [5.74, 6) is -122. The van der Waals surface area contributed by atoms with Gasteiger partial charge in [-0.2, -0.15) is 132 Å². The van der Waals surface area contributed by atoms with Crippen molar-refractivity contribution in [3.8, 4) is 0 Å². The number of alkyl halides is 30. The summed E-state index contributed by atoms with van der Waals surface area (Å²) in [6.45, 7) is -2.88. The second-order valence-electron chi connectivity index (χ2n) is 11.0. The first-order valence-electron chi connectivity index (χ1n) is 13.1.